The first kappa shape index (κ1) is 20.8. The van der Waals surface area contributed by atoms with Gasteiger partial charge in [0.25, 0.3) is 0 Å². The van der Waals surface area contributed by atoms with Crippen LogP contribution in [0.15, 0.2) is 78.0 Å². The predicted octanol–water partition coefficient (Wildman–Crippen LogP) is 6.45. The molecule has 0 atom stereocenters. The number of pyridine rings is 1. The predicted molar refractivity (Wildman–Crippen MR) is 126 cm³/mol. The van der Waals surface area contributed by atoms with Gasteiger partial charge in [0.2, 0.25) is 5.91 Å². The van der Waals surface area contributed by atoms with Crippen molar-refractivity contribution in [3.8, 4) is 0 Å². The zero-order chi connectivity index (χ0) is 20.8. The number of thiazole rings is 1. The Kier molecular flexibility index (Phi) is 7.00. The van der Waals surface area contributed by atoms with Gasteiger partial charge in [-0.05, 0) is 54.1 Å². The SMILES string of the molecule is O=C(CCCSc1ccccc1)N(Cc1ccncc1)c1nc2c(Cl)cccc2s1. The second-order valence-corrected chi connectivity index (χ2v) is 9.27. The molecule has 4 aromatic rings. The summed E-state index contributed by atoms with van der Waals surface area (Å²) in [6.07, 6.45) is 4.75. The molecule has 0 saturated carbocycles. The molecule has 0 aliphatic rings. The molecule has 0 bridgehead atoms. The number of benzene rings is 2. The molecule has 0 unspecified atom stereocenters. The molecule has 0 radical (unpaired) electrons. The summed E-state index contributed by atoms with van der Waals surface area (Å²) in [7, 11) is 0. The van der Waals surface area contributed by atoms with Crippen LogP contribution in [0.5, 0.6) is 0 Å². The van der Waals surface area contributed by atoms with Gasteiger partial charge in [0, 0.05) is 23.7 Å². The first-order valence-corrected chi connectivity index (χ1v) is 11.8. The fourth-order valence-corrected chi connectivity index (χ4v) is 5.17. The van der Waals surface area contributed by atoms with Crippen LogP contribution in [0, 0.1) is 0 Å². The highest BCUT2D eigenvalue weighted by molar-refractivity contribution is 7.99. The molecule has 7 heteroatoms. The van der Waals surface area contributed by atoms with Gasteiger partial charge in [-0.2, -0.15) is 0 Å². The lowest BCUT2D eigenvalue weighted by Gasteiger charge is -2.20. The molecule has 4 nitrogen and oxygen atoms in total. The Morgan fingerprint density at radius 1 is 1.03 bits per heavy atom. The normalized spacial score (nSPS) is 11.0. The van der Waals surface area contributed by atoms with E-state index in [9.17, 15) is 4.79 Å². The minimum atomic E-state index is 0.0654. The Balaban J connectivity index is 1.49. The molecular formula is C23H20ClN3OS2. The van der Waals surface area contributed by atoms with Gasteiger partial charge in [0.15, 0.2) is 5.13 Å². The van der Waals surface area contributed by atoms with Crippen molar-refractivity contribution in [3.63, 3.8) is 0 Å². The van der Waals surface area contributed by atoms with Crippen molar-refractivity contribution >= 4 is 56.0 Å². The number of carbonyl (C=O) groups is 1. The zero-order valence-electron chi connectivity index (χ0n) is 16.2. The zero-order valence-corrected chi connectivity index (χ0v) is 18.6. The van der Waals surface area contributed by atoms with E-state index < -0.39 is 0 Å². The lowest BCUT2D eigenvalue weighted by atomic mass is 10.2. The van der Waals surface area contributed by atoms with E-state index in [1.165, 1.54) is 16.2 Å². The van der Waals surface area contributed by atoms with Gasteiger partial charge in [-0.1, -0.05) is 47.2 Å². The number of para-hydroxylation sites is 1. The van der Waals surface area contributed by atoms with Gasteiger partial charge < -0.3 is 0 Å². The summed E-state index contributed by atoms with van der Waals surface area (Å²) in [5.41, 5.74) is 1.76. The number of nitrogens with zero attached hydrogens (tertiary/aromatic N) is 3. The monoisotopic (exact) mass is 453 g/mol. The van der Waals surface area contributed by atoms with E-state index in [2.05, 4.69) is 22.1 Å². The molecule has 1 amide bonds. The fraction of sp³-hybridized carbons (Fsp3) is 0.174. The van der Waals surface area contributed by atoms with Crippen LogP contribution in [0.4, 0.5) is 5.13 Å². The van der Waals surface area contributed by atoms with Gasteiger partial charge in [0.05, 0.1) is 16.3 Å². The maximum absolute atomic E-state index is 13.2. The Morgan fingerprint density at radius 2 is 1.83 bits per heavy atom. The third kappa shape index (κ3) is 5.19. The molecule has 0 spiro atoms. The van der Waals surface area contributed by atoms with Gasteiger partial charge in [-0.15, -0.1) is 11.8 Å². The number of carbonyl (C=O) groups excluding carboxylic acids is 1. The van der Waals surface area contributed by atoms with E-state index in [0.717, 1.165) is 28.0 Å². The molecule has 2 heterocycles. The third-order valence-corrected chi connectivity index (χ3v) is 6.97. The van der Waals surface area contributed by atoms with Gasteiger partial charge >= 0.3 is 0 Å². The molecule has 30 heavy (non-hydrogen) atoms. The molecule has 152 valence electrons. The number of rotatable bonds is 8. The summed E-state index contributed by atoms with van der Waals surface area (Å²) in [4.78, 5) is 24.9. The number of aromatic nitrogens is 2. The molecule has 4 rings (SSSR count). The van der Waals surface area contributed by atoms with Crippen molar-refractivity contribution < 1.29 is 4.79 Å². The van der Waals surface area contributed by atoms with Gasteiger partial charge in [-0.3, -0.25) is 14.7 Å². The van der Waals surface area contributed by atoms with Gasteiger partial charge in [-0.25, -0.2) is 4.98 Å². The van der Waals surface area contributed by atoms with Crippen LogP contribution in [-0.4, -0.2) is 21.6 Å². The first-order chi connectivity index (χ1) is 14.7. The van der Waals surface area contributed by atoms with Gasteiger partial charge in [0.1, 0.15) is 5.52 Å². The van der Waals surface area contributed by atoms with E-state index in [1.54, 1.807) is 29.1 Å². The molecule has 0 aliphatic heterocycles. The summed E-state index contributed by atoms with van der Waals surface area (Å²) < 4.78 is 0.977. The summed E-state index contributed by atoms with van der Waals surface area (Å²) in [6, 6.07) is 19.8. The van der Waals surface area contributed by atoms with E-state index in [4.69, 9.17) is 11.6 Å². The maximum atomic E-state index is 13.2. The topological polar surface area (TPSA) is 46.1 Å². The van der Waals surface area contributed by atoms with Crippen LogP contribution in [0.25, 0.3) is 10.2 Å². The highest BCUT2D eigenvalue weighted by Crippen LogP contribution is 2.34. The number of hydrogen-bond acceptors (Lipinski definition) is 5. The third-order valence-electron chi connectivity index (χ3n) is 4.53. The highest BCUT2D eigenvalue weighted by atomic mass is 35.5. The minimum absolute atomic E-state index is 0.0654. The van der Waals surface area contributed by atoms with Crippen LogP contribution in [0.1, 0.15) is 18.4 Å². The molecule has 0 saturated heterocycles. The van der Waals surface area contributed by atoms with Crippen molar-refractivity contribution in [2.24, 2.45) is 0 Å². The second-order valence-electron chi connectivity index (χ2n) is 6.68. The quantitative estimate of drug-likeness (QED) is 0.227. The summed E-state index contributed by atoms with van der Waals surface area (Å²) in [6.45, 7) is 0.463. The lowest BCUT2D eigenvalue weighted by Crippen LogP contribution is -2.30. The van der Waals surface area contributed by atoms with Crippen LogP contribution in [-0.2, 0) is 11.3 Å². The maximum Gasteiger partial charge on any atom is 0.229 e. The van der Waals surface area contributed by atoms with Crippen LogP contribution >= 0.6 is 34.7 Å². The standard InChI is InChI=1S/C23H20ClN3OS2/c24-19-8-4-9-20-22(19)26-23(30-20)27(16-17-11-13-25-14-12-17)21(28)10-5-15-29-18-6-2-1-3-7-18/h1-4,6-9,11-14H,5,10,15-16H2. The number of halogens is 1. The number of amides is 1. The average Bonchev–Trinajstić information content (AvgIpc) is 3.22. The Bertz CT molecular complexity index is 1120. The number of fused-ring (bicyclic) bond motifs is 1. The number of hydrogen-bond donors (Lipinski definition) is 0. The van der Waals surface area contributed by atoms with Crippen LogP contribution in [0.2, 0.25) is 5.02 Å². The lowest BCUT2D eigenvalue weighted by molar-refractivity contribution is -0.118. The molecule has 2 aromatic heterocycles. The Morgan fingerprint density at radius 3 is 2.60 bits per heavy atom. The minimum Gasteiger partial charge on any atom is -0.284 e. The Hall–Kier alpha value is -2.41. The van der Waals surface area contributed by atoms with Crippen LogP contribution < -0.4 is 4.90 Å². The Labute approximate surface area is 188 Å². The number of thioether (sulfide) groups is 1. The molecule has 0 aliphatic carbocycles. The molecular weight excluding hydrogens is 434 g/mol. The van der Waals surface area contributed by atoms with Crippen molar-refractivity contribution in [3.05, 3.63) is 83.6 Å². The van der Waals surface area contributed by atoms with Crippen molar-refractivity contribution in [1.82, 2.24) is 9.97 Å². The van der Waals surface area contributed by atoms with Crippen molar-refractivity contribution in [2.45, 2.75) is 24.3 Å². The van der Waals surface area contributed by atoms with E-state index in [-0.39, 0.29) is 5.91 Å². The highest BCUT2D eigenvalue weighted by Gasteiger charge is 2.20. The molecule has 2 aromatic carbocycles. The van der Waals surface area contributed by atoms with Crippen molar-refractivity contribution in [2.75, 3.05) is 10.7 Å². The average molecular weight is 454 g/mol. The smallest absolute Gasteiger partial charge is 0.229 e. The summed E-state index contributed by atoms with van der Waals surface area (Å²) in [5.74, 6) is 0.959. The first-order valence-electron chi connectivity index (χ1n) is 9.63. The van der Waals surface area contributed by atoms with E-state index in [0.29, 0.717) is 23.1 Å². The fourth-order valence-electron chi connectivity index (χ4n) is 3.02. The molecule has 0 N–H and O–H groups in total. The molecule has 0 fully saturated rings. The second kappa shape index (κ2) is 10.1. The largest absolute Gasteiger partial charge is 0.284 e. The van der Waals surface area contributed by atoms with E-state index in [1.807, 2.05) is 48.5 Å². The number of anilines is 1. The van der Waals surface area contributed by atoms with E-state index >= 15 is 0 Å². The summed E-state index contributed by atoms with van der Waals surface area (Å²) in [5, 5.41) is 1.28. The van der Waals surface area contributed by atoms with Crippen molar-refractivity contribution in [1.29, 1.82) is 0 Å². The summed E-state index contributed by atoms with van der Waals surface area (Å²) >= 11 is 9.57. The van der Waals surface area contributed by atoms with Crippen LogP contribution in [0.3, 0.4) is 0 Å².